The number of rotatable bonds is 4. The van der Waals surface area contributed by atoms with Crippen molar-refractivity contribution in [1.29, 1.82) is 5.41 Å². The molecule has 0 saturated carbocycles. The molecule has 2 amide bonds. The smallest absolute Gasteiger partial charge is 0.324 e. The Labute approximate surface area is 155 Å². The summed E-state index contributed by atoms with van der Waals surface area (Å²) in [7, 11) is 0. The van der Waals surface area contributed by atoms with E-state index in [4.69, 9.17) is 11.1 Å². The summed E-state index contributed by atoms with van der Waals surface area (Å²) < 4.78 is 1.09. The molecule has 6 nitrogen and oxygen atoms in total. The van der Waals surface area contributed by atoms with Crippen LogP contribution in [0.25, 0.3) is 0 Å². The summed E-state index contributed by atoms with van der Waals surface area (Å²) in [5.74, 6) is 0. The Morgan fingerprint density at radius 1 is 0.960 bits per heavy atom. The van der Waals surface area contributed by atoms with E-state index < -0.39 is 6.03 Å². The highest BCUT2D eigenvalue weighted by atomic mass is 79.9. The van der Waals surface area contributed by atoms with Gasteiger partial charge in [0.2, 0.25) is 0 Å². The zero-order valence-electron chi connectivity index (χ0n) is 13.7. The monoisotopic (exact) mass is 401 g/mol. The summed E-state index contributed by atoms with van der Waals surface area (Å²) in [6.45, 7) is 3.77. The van der Waals surface area contributed by atoms with Gasteiger partial charge in [-0.15, -0.1) is 0 Å². The van der Waals surface area contributed by atoms with E-state index in [2.05, 4.69) is 50.0 Å². The average Bonchev–Trinajstić information content (AvgIpc) is 2.63. The Bertz CT molecular complexity index is 739. The molecular weight excluding hydrogens is 382 g/mol. The second-order valence-electron chi connectivity index (χ2n) is 5.80. The van der Waals surface area contributed by atoms with Crippen LogP contribution in [0, 0.1) is 5.41 Å². The van der Waals surface area contributed by atoms with Gasteiger partial charge < -0.3 is 15.5 Å². The molecule has 3 N–H and O–H groups in total. The highest BCUT2D eigenvalue weighted by Crippen LogP contribution is 2.24. The minimum Gasteiger partial charge on any atom is -0.368 e. The van der Waals surface area contributed by atoms with Crippen molar-refractivity contribution >= 4 is 45.4 Å². The molecule has 1 aliphatic rings. The van der Waals surface area contributed by atoms with Crippen molar-refractivity contribution in [2.45, 2.75) is 0 Å². The Morgan fingerprint density at radius 3 is 1.80 bits per heavy atom. The highest BCUT2D eigenvalue weighted by Gasteiger charge is 2.18. The molecule has 130 valence electrons. The molecule has 1 heterocycles. The first-order valence-corrected chi connectivity index (χ1v) is 8.82. The molecule has 7 heteroatoms. The zero-order chi connectivity index (χ0) is 17.8. The summed E-state index contributed by atoms with van der Waals surface area (Å²) in [5.41, 5.74) is 8.20. The normalized spacial score (nSPS) is 14.3. The number of nitrogens with zero attached hydrogens (tertiary/aromatic N) is 3. The number of benzene rings is 2. The van der Waals surface area contributed by atoms with Crippen molar-refractivity contribution in [1.82, 2.24) is 0 Å². The fourth-order valence-electron chi connectivity index (χ4n) is 2.96. The van der Waals surface area contributed by atoms with Gasteiger partial charge in [0.05, 0.1) is 12.0 Å². The molecule has 0 spiro atoms. The first kappa shape index (κ1) is 17.3. The molecule has 25 heavy (non-hydrogen) atoms. The third kappa shape index (κ3) is 3.93. The fraction of sp³-hybridized carbons (Fsp3) is 0.222. The standard InChI is InChI=1S/C18H20BrN5O/c19-14-1-3-15(4-2-14)22-9-11-23(12-10-22)16-5-7-17(8-6-16)24(13-20)18(21)25/h1-8,13,20H,9-12H2,(H2,21,25). The molecule has 1 fully saturated rings. The van der Waals surface area contributed by atoms with E-state index in [0.29, 0.717) is 5.69 Å². The van der Waals surface area contributed by atoms with Crippen molar-refractivity contribution in [3.63, 3.8) is 0 Å². The van der Waals surface area contributed by atoms with Gasteiger partial charge in [-0.3, -0.25) is 10.3 Å². The molecule has 1 saturated heterocycles. The Kier molecular flexibility index (Phi) is 5.23. The third-order valence-corrected chi connectivity index (χ3v) is 4.86. The van der Waals surface area contributed by atoms with Crippen LogP contribution < -0.4 is 20.4 Å². The van der Waals surface area contributed by atoms with Crippen LogP contribution in [0.4, 0.5) is 21.9 Å². The maximum absolute atomic E-state index is 11.3. The maximum atomic E-state index is 11.3. The van der Waals surface area contributed by atoms with Crippen LogP contribution in [-0.4, -0.2) is 38.5 Å². The van der Waals surface area contributed by atoms with Crippen LogP contribution in [0.15, 0.2) is 53.0 Å². The number of anilines is 3. The molecule has 3 rings (SSSR count). The topological polar surface area (TPSA) is 76.7 Å². The molecule has 2 aromatic rings. The van der Waals surface area contributed by atoms with Gasteiger partial charge >= 0.3 is 6.03 Å². The minimum atomic E-state index is -0.661. The van der Waals surface area contributed by atoms with Crippen molar-refractivity contribution < 1.29 is 4.79 Å². The van der Waals surface area contributed by atoms with Gasteiger partial charge in [0.1, 0.15) is 0 Å². The zero-order valence-corrected chi connectivity index (χ0v) is 15.3. The van der Waals surface area contributed by atoms with Gasteiger partial charge in [-0.25, -0.2) is 4.79 Å². The molecule has 0 aromatic heterocycles. The van der Waals surface area contributed by atoms with Crippen molar-refractivity contribution in [2.75, 3.05) is 40.9 Å². The number of amides is 2. The van der Waals surface area contributed by atoms with Crippen LogP contribution in [0.1, 0.15) is 0 Å². The van der Waals surface area contributed by atoms with Crippen LogP contribution >= 0.6 is 15.9 Å². The predicted molar refractivity (Wildman–Crippen MR) is 106 cm³/mol. The lowest BCUT2D eigenvalue weighted by molar-refractivity contribution is 0.256. The number of hydrogen-bond acceptors (Lipinski definition) is 4. The van der Waals surface area contributed by atoms with Gasteiger partial charge in [-0.05, 0) is 48.5 Å². The van der Waals surface area contributed by atoms with Crippen LogP contribution in [0.2, 0.25) is 0 Å². The number of nitrogens with two attached hydrogens (primary N) is 1. The van der Waals surface area contributed by atoms with E-state index in [1.165, 1.54) is 5.69 Å². The second-order valence-corrected chi connectivity index (χ2v) is 6.72. The molecule has 0 unspecified atom stereocenters. The van der Waals surface area contributed by atoms with Gasteiger partial charge in [0.25, 0.3) is 0 Å². The molecule has 0 aliphatic carbocycles. The molecule has 0 radical (unpaired) electrons. The lowest BCUT2D eigenvalue weighted by atomic mass is 10.2. The number of carbonyl (C=O) groups excluding carboxylic acids is 1. The molecule has 0 atom stereocenters. The number of hydrogen-bond donors (Lipinski definition) is 2. The van der Waals surface area contributed by atoms with Crippen molar-refractivity contribution in [3.8, 4) is 0 Å². The lowest BCUT2D eigenvalue weighted by Crippen LogP contribution is -2.46. The first-order valence-electron chi connectivity index (χ1n) is 8.03. The summed E-state index contributed by atoms with van der Waals surface area (Å²) >= 11 is 3.47. The summed E-state index contributed by atoms with van der Waals surface area (Å²) in [5, 5.41) is 7.28. The predicted octanol–water partition coefficient (Wildman–Crippen LogP) is 3.27. The van der Waals surface area contributed by atoms with Gasteiger partial charge in [0.15, 0.2) is 0 Å². The van der Waals surface area contributed by atoms with Gasteiger partial charge in [-0.2, -0.15) is 0 Å². The average molecular weight is 402 g/mol. The van der Waals surface area contributed by atoms with Gasteiger partial charge in [-0.1, -0.05) is 15.9 Å². The van der Waals surface area contributed by atoms with Crippen LogP contribution in [0.5, 0.6) is 0 Å². The number of urea groups is 1. The number of halogens is 1. The number of carbonyl (C=O) groups is 1. The molecular formula is C18H20BrN5O. The van der Waals surface area contributed by atoms with E-state index in [0.717, 1.165) is 47.6 Å². The molecule has 2 aromatic carbocycles. The number of piperazine rings is 1. The highest BCUT2D eigenvalue weighted by molar-refractivity contribution is 9.10. The maximum Gasteiger partial charge on any atom is 0.324 e. The molecule has 0 bridgehead atoms. The third-order valence-electron chi connectivity index (χ3n) is 4.33. The molecule has 1 aliphatic heterocycles. The number of nitrogens with one attached hydrogen (secondary N) is 1. The fourth-order valence-corrected chi connectivity index (χ4v) is 3.23. The Balaban J connectivity index is 1.64. The van der Waals surface area contributed by atoms with E-state index >= 15 is 0 Å². The lowest BCUT2D eigenvalue weighted by Gasteiger charge is -2.37. The summed E-state index contributed by atoms with van der Waals surface area (Å²) in [4.78, 5) is 17.1. The van der Waals surface area contributed by atoms with E-state index in [1.54, 1.807) is 0 Å². The van der Waals surface area contributed by atoms with E-state index in [9.17, 15) is 4.79 Å². The van der Waals surface area contributed by atoms with Crippen molar-refractivity contribution in [2.24, 2.45) is 5.73 Å². The summed E-state index contributed by atoms with van der Waals surface area (Å²) in [6, 6.07) is 15.3. The number of primary amides is 1. The quantitative estimate of drug-likeness (QED) is 0.609. The first-order chi connectivity index (χ1) is 12.1. The second kappa shape index (κ2) is 7.57. The summed E-state index contributed by atoms with van der Waals surface area (Å²) in [6.07, 6.45) is 0.925. The Hall–Kier alpha value is -2.54. The van der Waals surface area contributed by atoms with E-state index in [-0.39, 0.29) is 0 Å². The van der Waals surface area contributed by atoms with Crippen molar-refractivity contribution in [3.05, 3.63) is 53.0 Å². The largest absolute Gasteiger partial charge is 0.368 e. The minimum absolute atomic E-state index is 0.597. The van der Waals surface area contributed by atoms with Gasteiger partial charge in [0, 0.05) is 42.0 Å². The van der Waals surface area contributed by atoms with E-state index in [1.807, 2.05) is 24.3 Å². The van der Waals surface area contributed by atoms with Crippen LogP contribution in [0.3, 0.4) is 0 Å². The van der Waals surface area contributed by atoms with Crippen LogP contribution in [-0.2, 0) is 0 Å². The Morgan fingerprint density at radius 2 is 1.40 bits per heavy atom. The SMILES string of the molecule is N=CN(C(N)=O)c1ccc(N2CCN(c3ccc(Br)cc3)CC2)cc1.